The van der Waals surface area contributed by atoms with Gasteiger partial charge in [0.05, 0.1) is 5.92 Å². The van der Waals surface area contributed by atoms with E-state index in [0.717, 1.165) is 37.5 Å². The number of nitrogens with two attached hydrogens (primary N) is 1. The van der Waals surface area contributed by atoms with Crippen LogP contribution in [0.3, 0.4) is 0 Å². The van der Waals surface area contributed by atoms with Crippen LogP contribution in [0.15, 0.2) is 24.3 Å². The molecular formula is C13H17ClN2O. The van der Waals surface area contributed by atoms with E-state index in [2.05, 4.69) is 11.0 Å². The Balaban J connectivity index is 1.97. The van der Waals surface area contributed by atoms with E-state index in [1.54, 1.807) is 0 Å². The van der Waals surface area contributed by atoms with Crippen molar-refractivity contribution in [3.05, 3.63) is 34.9 Å². The molecule has 1 aromatic rings. The number of primary amides is 1. The molecule has 0 saturated carbocycles. The van der Waals surface area contributed by atoms with E-state index in [-0.39, 0.29) is 11.8 Å². The molecule has 0 unspecified atom stereocenters. The topological polar surface area (TPSA) is 46.3 Å². The van der Waals surface area contributed by atoms with Crippen molar-refractivity contribution in [1.82, 2.24) is 4.90 Å². The third-order valence-electron chi connectivity index (χ3n) is 3.20. The van der Waals surface area contributed by atoms with Crippen molar-refractivity contribution in [2.24, 2.45) is 11.7 Å². The molecule has 0 radical (unpaired) electrons. The first-order valence-electron chi connectivity index (χ1n) is 5.91. The molecule has 0 bridgehead atoms. The van der Waals surface area contributed by atoms with Gasteiger partial charge in [-0.05, 0) is 37.1 Å². The Hall–Kier alpha value is -1.06. The summed E-state index contributed by atoms with van der Waals surface area (Å²) in [6, 6.07) is 7.84. The van der Waals surface area contributed by atoms with Crippen LogP contribution in [0, 0.1) is 5.92 Å². The quantitative estimate of drug-likeness (QED) is 0.895. The summed E-state index contributed by atoms with van der Waals surface area (Å²) >= 11 is 5.95. The summed E-state index contributed by atoms with van der Waals surface area (Å²) in [5.74, 6) is -0.177. The third-order valence-corrected chi connectivity index (χ3v) is 3.44. The summed E-state index contributed by atoms with van der Waals surface area (Å²) in [5.41, 5.74) is 6.54. The second-order valence-electron chi connectivity index (χ2n) is 4.61. The highest BCUT2D eigenvalue weighted by atomic mass is 35.5. The molecule has 1 aliphatic rings. The number of rotatable bonds is 3. The number of hydrogen-bond acceptors (Lipinski definition) is 2. The van der Waals surface area contributed by atoms with Crippen LogP contribution < -0.4 is 5.73 Å². The molecule has 92 valence electrons. The minimum absolute atomic E-state index is 0.00272. The van der Waals surface area contributed by atoms with Gasteiger partial charge in [-0.1, -0.05) is 23.7 Å². The Kier molecular flexibility index (Phi) is 4.02. The molecule has 1 saturated heterocycles. The predicted molar refractivity (Wildman–Crippen MR) is 68.6 cm³/mol. The zero-order valence-corrected chi connectivity index (χ0v) is 10.5. The maximum absolute atomic E-state index is 11.2. The van der Waals surface area contributed by atoms with Gasteiger partial charge in [-0.3, -0.25) is 9.69 Å². The number of benzene rings is 1. The number of hydrogen-bond donors (Lipinski definition) is 1. The van der Waals surface area contributed by atoms with Crippen molar-refractivity contribution >= 4 is 17.5 Å². The van der Waals surface area contributed by atoms with Gasteiger partial charge in [-0.2, -0.15) is 0 Å². The van der Waals surface area contributed by atoms with Gasteiger partial charge < -0.3 is 5.73 Å². The summed E-state index contributed by atoms with van der Waals surface area (Å²) in [4.78, 5) is 13.4. The Bertz CT molecular complexity index is 408. The van der Waals surface area contributed by atoms with Crippen molar-refractivity contribution in [2.45, 2.75) is 19.4 Å². The minimum atomic E-state index is -0.180. The highest BCUT2D eigenvalue weighted by molar-refractivity contribution is 6.30. The molecule has 1 aromatic carbocycles. The van der Waals surface area contributed by atoms with Crippen molar-refractivity contribution < 1.29 is 4.79 Å². The lowest BCUT2D eigenvalue weighted by molar-refractivity contribution is -0.123. The zero-order chi connectivity index (χ0) is 12.3. The molecule has 1 heterocycles. The summed E-state index contributed by atoms with van der Waals surface area (Å²) in [7, 11) is 0. The number of piperidine rings is 1. The molecule has 2 rings (SSSR count). The fraction of sp³-hybridized carbons (Fsp3) is 0.462. The highest BCUT2D eigenvalue weighted by Gasteiger charge is 2.23. The van der Waals surface area contributed by atoms with Crippen LogP contribution in [0.2, 0.25) is 5.02 Å². The molecule has 1 fully saturated rings. The van der Waals surface area contributed by atoms with Crippen LogP contribution in [0.4, 0.5) is 0 Å². The monoisotopic (exact) mass is 252 g/mol. The van der Waals surface area contributed by atoms with E-state index >= 15 is 0 Å². The fourth-order valence-corrected chi connectivity index (χ4v) is 2.54. The van der Waals surface area contributed by atoms with E-state index in [1.807, 2.05) is 18.2 Å². The number of amides is 1. The third kappa shape index (κ3) is 3.45. The van der Waals surface area contributed by atoms with Gasteiger partial charge in [0.15, 0.2) is 0 Å². The van der Waals surface area contributed by atoms with Crippen LogP contribution in [0.25, 0.3) is 0 Å². The smallest absolute Gasteiger partial charge is 0.221 e. The van der Waals surface area contributed by atoms with E-state index < -0.39 is 0 Å². The fourth-order valence-electron chi connectivity index (χ4n) is 2.32. The molecule has 2 N–H and O–H groups in total. The van der Waals surface area contributed by atoms with E-state index in [4.69, 9.17) is 17.3 Å². The Morgan fingerprint density at radius 1 is 1.53 bits per heavy atom. The van der Waals surface area contributed by atoms with Crippen LogP contribution in [-0.4, -0.2) is 23.9 Å². The maximum Gasteiger partial charge on any atom is 0.221 e. The molecule has 1 aliphatic heterocycles. The van der Waals surface area contributed by atoms with E-state index in [9.17, 15) is 4.79 Å². The van der Waals surface area contributed by atoms with Crippen LogP contribution in [0.5, 0.6) is 0 Å². The van der Waals surface area contributed by atoms with Crippen LogP contribution in [0.1, 0.15) is 18.4 Å². The first-order chi connectivity index (χ1) is 8.15. The molecular weight excluding hydrogens is 236 g/mol. The van der Waals surface area contributed by atoms with Crippen molar-refractivity contribution in [2.75, 3.05) is 13.1 Å². The van der Waals surface area contributed by atoms with Gasteiger partial charge >= 0.3 is 0 Å². The number of carbonyl (C=O) groups is 1. The van der Waals surface area contributed by atoms with Crippen LogP contribution in [-0.2, 0) is 11.3 Å². The maximum atomic E-state index is 11.2. The molecule has 1 atom stereocenters. The van der Waals surface area contributed by atoms with Gasteiger partial charge in [0.2, 0.25) is 5.91 Å². The van der Waals surface area contributed by atoms with Gasteiger partial charge in [0.25, 0.3) is 0 Å². The Labute approximate surface area is 107 Å². The largest absolute Gasteiger partial charge is 0.369 e. The van der Waals surface area contributed by atoms with Gasteiger partial charge in [0.1, 0.15) is 0 Å². The summed E-state index contributed by atoms with van der Waals surface area (Å²) in [5, 5.41) is 0.756. The molecule has 17 heavy (non-hydrogen) atoms. The standard InChI is InChI=1S/C13H17ClN2O/c14-12-5-1-3-10(7-12)8-16-6-2-4-11(9-16)13(15)17/h1,3,5,7,11H,2,4,6,8-9H2,(H2,15,17)/t11-/m1/s1. The minimum Gasteiger partial charge on any atom is -0.369 e. The second kappa shape index (κ2) is 5.52. The van der Waals surface area contributed by atoms with Gasteiger partial charge in [-0.15, -0.1) is 0 Å². The second-order valence-corrected chi connectivity index (χ2v) is 5.04. The number of nitrogens with zero attached hydrogens (tertiary/aromatic N) is 1. The SMILES string of the molecule is NC(=O)[C@@H]1CCCN(Cc2cccc(Cl)c2)C1. The summed E-state index contributed by atoms with van der Waals surface area (Å²) in [6.45, 7) is 2.63. The lowest BCUT2D eigenvalue weighted by atomic mass is 9.97. The molecule has 3 nitrogen and oxygen atoms in total. The number of carbonyl (C=O) groups excluding carboxylic acids is 1. The highest BCUT2D eigenvalue weighted by Crippen LogP contribution is 2.19. The molecule has 4 heteroatoms. The number of halogens is 1. The lowest BCUT2D eigenvalue weighted by Crippen LogP contribution is -2.40. The first-order valence-corrected chi connectivity index (χ1v) is 6.29. The van der Waals surface area contributed by atoms with Gasteiger partial charge in [0, 0.05) is 18.1 Å². The van der Waals surface area contributed by atoms with Crippen LogP contribution >= 0.6 is 11.6 Å². The average molecular weight is 253 g/mol. The van der Waals surface area contributed by atoms with Crippen molar-refractivity contribution in [3.63, 3.8) is 0 Å². The Morgan fingerprint density at radius 3 is 3.06 bits per heavy atom. The van der Waals surface area contributed by atoms with Crippen molar-refractivity contribution in [3.8, 4) is 0 Å². The zero-order valence-electron chi connectivity index (χ0n) is 9.73. The van der Waals surface area contributed by atoms with E-state index in [0.29, 0.717) is 0 Å². The van der Waals surface area contributed by atoms with Gasteiger partial charge in [-0.25, -0.2) is 0 Å². The molecule has 0 aliphatic carbocycles. The molecule has 1 amide bonds. The molecule has 0 spiro atoms. The predicted octanol–water partition coefficient (Wildman–Crippen LogP) is 2.04. The summed E-state index contributed by atoms with van der Waals surface area (Å²) < 4.78 is 0. The van der Waals surface area contributed by atoms with E-state index in [1.165, 1.54) is 5.56 Å². The average Bonchev–Trinajstić information content (AvgIpc) is 2.29. The number of likely N-dealkylation sites (tertiary alicyclic amines) is 1. The molecule has 0 aromatic heterocycles. The first kappa shape index (κ1) is 12.4. The van der Waals surface area contributed by atoms with Crippen molar-refractivity contribution in [1.29, 1.82) is 0 Å². The lowest BCUT2D eigenvalue weighted by Gasteiger charge is -2.31. The Morgan fingerprint density at radius 2 is 2.35 bits per heavy atom. The summed E-state index contributed by atoms with van der Waals surface area (Å²) in [6.07, 6.45) is 1.95. The normalized spacial score (nSPS) is 21.4.